The highest BCUT2D eigenvalue weighted by Gasteiger charge is 2.27. The third-order valence-corrected chi connectivity index (χ3v) is 5.10. The van der Waals surface area contributed by atoms with E-state index in [0.717, 1.165) is 17.0 Å². The second kappa shape index (κ2) is 8.13. The fourth-order valence-electron chi connectivity index (χ4n) is 3.44. The summed E-state index contributed by atoms with van der Waals surface area (Å²) in [5.74, 6) is 0.0881. The largest absolute Gasteiger partial charge is 0.487 e. The van der Waals surface area contributed by atoms with Crippen molar-refractivity contribution in [2.24, 2.45) is 7.05 Å². The van der Waals surface area contributed by atoms with Gasteiger partial charge in [0, 0.05) is 48.0 Å². The number of nitrogens with zero attached hydrogens (tertiary/aromatic N) is 3. The van der Waals surface area contributed by atoms with E-state index >= 15 is 0 Å². The predicted octanol–water partition coefficient (Wildman–Crippen LogP) is 4.38. The Morgan fingerprint density at radius 3 is 2.90 bits per heavy atom. The lowest BCUT2D eigenvalue weighted by atomic mass is 10.1. The first-order valence-electron chi connectivity index (χ1n) is 9.23. The summed E-state index contributed by atoms with van der Waals surface area (Å²) in [5, 5.41) is 7.98. The standard InChI is InChI=1S/C21H20ClFN4O2/c1-26-20-8-9-27(21(28)24-16-6-2-4-14(22)10-16)12-18(20)19(25-26)13-29-17-7-3-5-15(23)11-17/h2-7,10-11H,8-9,12-13H2,1H3,(H,24,28). The molecule has 0 atom stereocenters. The number of benzene rings is 2. The van der Waals surface area contributed by atoms with Crippen molar-refractivity contribution in [1.29, 1.82) is 0 Å². The molecule has 6 nitrogen and oxygen atoms in total. The molecule has 29 heavy (non-hydrogen) atoms. The summed E-state index contributed by atoms with van der Waals surface area (Å²) in [5.41, 5.74) is 3.44. The van der Waals surface area contributed by atoms with E-state index in [4.69, 9.17) is 16.3 Å². The number of aryl methyl sites for hydroxylation is 1. The van der Waals surface area contributed by atoms with Gasteiger partial charge in [-0.3, -0.25) is 4.68 Å². The highest BCUT2D eigenvalue weighted by molar-refractivity contribution is 6.30. The molecule has 150 valence electrons. The molecule has 0 bridgehead atoms. The van der Waals surface area contributed by atoms with Crippen LogP contribution in [0.5, 0.6) is 5.75 Å². The molecule has 4 rings (SSSR count). The van der Waals surface area contributed by atoms with E-state index in [0.29, 0.717) is 36.0 Å². The molecule has 1 N–H and O–H groups in total. The summed E-state index contributed by atoms with van der Waals surface area (Å²) < 4.78 is 20.9. The average molecular weight is 415 g/mol. The van der Waals surface area contributed by atoms with Crippen LogP contribution in [0.4, 0.5) is 14.9 Å². The maximum absolute atomic E-state index is 13.4. The first kappa shape index (κ1) is 19.3. The van der Waals surface area contributed by atoms with E-state index in [9.17, 15) is 9.18 Å². The van der Waals surface area contributed by atoms with Gasteiger partial charge < -0.3 is 15.0 Å². The van der Waals surface area contributed by atoms with Crippen LogP contribution in [-0.4, -0.2) is 27.3 Å². The molecule has 1 aliphatic heterocycles. The maximum atomic E-state index is 13.4. The molecule has 0 unspecified atom stereocenters. The van der Waals surface area contributed by atoms with Crippen LogP contribution in [-0.2, 0) is 26.6 Å². The number of carbonyl (C=O) groups excluding carboxylic acids is 1. The number of hydrogen-bond donors (Lipinski definition) is 1. The average Bonchev–Trinajstić information content (AvgIpc) is 3.02. The van der Waals surface area contributed by atoms with Gasteiger partial charge in [-0.15, -0.1) is 0 Å². The van der Waals surface area contributed by atoms with Crippen LogP contribution in [0, 0.1) is 5.82 Å². The van der Waals surface area contributed by atoms with Gasteiger partial charge in [-0.25, -0.2) is 9.18 Å². The van der Waals surface area contributed by atoms with E-state index in [2.05, 4.69) is 10.4 Å². The van der Waals surface area contributed by atoms with Gasteiger partial charge in [0.2, 0.25) is 0 Å². The van der Waals surface area contributed by atoms with Crippen molar-refractivity contribution < 1.29 is 13.9 Å². The van der Waals surface area contributed by atoms with Gasteiger partial charge in [0.1, 0.15) is 23.9 Å². The number of carbonyl (C=O) groups is 1. The fourth-order valence-corrected chi connectivity index (χ4v) is 3.63. The summed E-state index contributed by atoms with van der Waals surface area (Å²) >= 11 is 5.99. The molecule has 0 radical (unpaired) electrons. The Kier molecular flexibility index (Phi) is 5.40. The molecule has 1 aliphatic rings. The number of anilines is 1. The van der Waals surface area contributed by atoms with Crippen LogP contribution in [0.15, 0.2) is 48.5 Å². The number of hydrogen-bond acceptors (Lipinski definition) is 3. The minimum atomic E-state index is -0.352. The second-order valence-electron chi connectivity index (χ2n) is 6.85. The summed E-state index contributed by atoms with van der Waals surface area (Å²) in [6.07, 6.45) is 0.696. The molecule has 0 spiro atoms. The van der Waals surface area contributed by atoms with Gasteiger partial charge in [0.25, 0.3) is 0 Å². The first-order chi connectivity index (χ1) is 14.0. The van der Waals surface area contributed by atoms with E-state index in [1.54, 1.807) is 41.3 Å². The van der Waals surface area contributed by atoms with Gasteiger partial charge >= 0.3 is 6.03 Å². The molecule has 2 heterocycles. The van der Waals surface area contributed by atoms with Crippen LogP contribution < -0.4 is 10.1 Å². The Labute approximate surface area is 172 Å². The molecule has 2 aromatic carbocycles. The molecule has 3 aromatic rings. The minimum Gasteiger partial charge on any atom is -0.487 e. The molecular weight excluding hydrogens is 395 g/mol. The van der Waals surface area contributed by atoms with Crippen LogP contribution in [0.1, 0.15) is 17.0 Å². The zero-order chi connectivity index (χ0) is 20.4. The zero-order valence-electron chi connectivity index (χ0n) is 15.9. The van der Waals surface area contributed by atoms with E-state index < -0.39 is 0 Å². The Hall–Kier alpha value is -3.06. The third kappa shape index (κ3) is 4.35. The van der Waals surface area contributed by atoms with E-state index in [-0.39, 0.29) is 18.5 Å². The van der Waals surface area contributed by atoms with E-state index in [1.807, 2.05) is 11.7 Å². The predicted molar refractivity (Wildman–Crippen MR) is 109 cm³/mol. The summed E-state index contributed by atoms with van der Waals surface area (Å²) in [7, 11) is 1.88. The van der Waals surface area contributed by atoms with Crippen molar-refractivity contribution in [2.45, 2.75) is 19.6 Å². The Morgan fingerprint density at radius 1 is 1.28 bits per heavy atom. The van der Waals surface area contributed by atoms with Crippen molar-refractivity contribution in [3.63, 3.8) is 0 Å². The quantitative estimate of drug-likeness (QED) is 0.689. The fraction of sp³-hybridized carbons (Fsp3) is 0.238. The van der Waals surface area contributed by atoms with Gasteiger partial charge in [0.05, 0.1) is 6.54 Å². The smallest absolute Gasteiger partial charge is 0.322 e. The molecule has 2 amide bonds. The molecule has 1 aromatic heterocycles. The molecule has 0 saturated carbocycles. The third-order valence-electron chi connectivity index (χ3n) is 4.86. The van der Waals surface area contributed by atoms with E-state index in [1.165, 1.54) is 12.1 Å². The number of nitrogens with one attached hydrogen (secondary N) is 1. The number of rotatable bonds is 4. The van der Waals surface area contributed by atoms with Gasteiger partial charge in [0.15, 0.2) is 0 Å². The zero-order valence-corrected chi connectivity index (χ0v) is 16.6. The van der Waals surface area contributed by atoms with Crippen molar-refractivity contribution >= 4 is 23.3 Å². The number of amides is 2. The maximum Gasteiger partial charge on any atom is 0.322 e. The van der Waals surface area contributed by atoms with Crippen molar-refractivity contribution in [1.82, 2.24) is 14.7 Å². The SMILES string of the molecule is Cn1nc(COc2cccc(F)c2)c2c1CCN(C(=O)Nc1cccc(Cl)c1)C2. The Morgan fingerprint density at radius 2 is 2.10 bits per heavy atom. The Bertz CT molecular complexity index is 1050. The number of halogens is 2. The molecule has 0 saturated heterocycles. The topological polar surface area (TPSA) is 59.4 Å². The monoisotopic (exact) mass is 414 g/mol. The van der Waals surface area contributed by atoms with Gasteiger partial charge in [-0.1, -0.05) is 23.7 Å². The van der Waals surface area contributed by atoms with Crippen molar-refractivity contribution in [3.8, 4) is 5.75 Å². The highest BCUT2D eigenvalue weighted by Crippen LogP contribution is 2.25. The van der Waals surface area contributed by atoms with Crippen LogP contribution in [0.25, 0.3) is 0 Å². The normalized spacial score (nSPS) is 13.1. The van der Waals surface area contributed by atoms with Gasteiger partial charge in [-0.05, 0) is 30.3 Å². The minimum absolute atomic E-state index is 0.196. The number of urea groups is 1. The van der Waals surface area contributed by atoms with Crippen LogP contribution in [0.2, 0.25) is 5.02 Å². The second-order valence-corrected chi connectivity index (χ2v) is 7.29. The summed E-state index contributed by atoms with van der Waals surface area (Å²) in [4.78, 5) is 14.4. The summed E-state index contributed by atoms with van der Waals surface area (Å²) in [6.45, 7) is 1.22. The molecule has 0 fully saturated rings. The molecular formula is C21H20ClFN4O2. The number of aromatic nitrogens is 2. The van der Waals surface area contributed by atoms with Crippen molar-refractivity contribution in [2.75, 3.05) is 11.9 Å². The van der Waals surface area contributed by atoms with Crippen molar-refractivity contribution in [3.05, 3.63) is 76.3 Å². The molecule has 8 heteroatoms. The highest BCUT2D eigenvalue weighted by atomic mass is 35.5. The lowest BCUT2D eigenvalue weighted by Crippen LogP contribution is -2.39. The molecule has 0 aliphatic carbocycles. The number of ether oxygens (including phenoxy) is 1. The van der Waals surface area contributed by atoms with Gasteiger partial charge in [-0.2, -0.15) is 5.10 Å². The lowest BCUT2D eigenvalue weighted by molar-refractivity contribution is 0.205. The lowest BCUT2D eigenvalue weighted by Gasteiger charge is -2.28. The summed E-state index contributed by atoms with van der Waals surface area (Å²) in [6, 6.07) is 12.8. The Balaban J connectivity index is 1.47. The number of fused-ring (bicyclic) bond motifs is 1. The van der Waals surface area contributed by atoms with Crippen LogP contribution >= 0.6 is 11.6 Å². The van der Waals surface area contributed by atoms with Crippen LogP contribution in [0.3, 0.4) is 0 Å². The first-order valence-corrected chi connectivity index (χ1v) is 9.61.